The van der Waals surface area contributed by atoms with Crippen molar-refractivity contribution >= 4 is 11.9 Å². The van der Waals surface area contributed by atoms with Crippen LogP contribution in [-0.4, -0.2) is 39.3 Å². The number of benzene rings is 1. The van der Waals surface area contributed by atoms with Gasteiger partial charge >= 0.3 is 5.97 Å². The summed E-state index contributed by atoms with van der Waals surface area (Å²) in [6.45, 7) is 2.00. The summed E-state index contributed by atoms with van der Waals surface area (Å²) in [5.74, 6) is -0.766. The number of aromatic nitrogens is 3. The van der Waals surface area contributed by atoms with E-state index in [1.54, 1.807) is 6.92 Å². The second-order valence-electron chi connectivity index (χ2n) is 4.65. The molecule has 0 saturated carbocycles. The minimum atomic E-state index is -0.724. The monoisotopic (exact) mass is 302 g/mol. The van der Waals surface area contributed by atoms with Crippen LogP contribution in [0.1, 0.15) is 12.5 Å². The minimum Gasteiger partial charge on any atom is -0.464 e. The summed E-state index contributed by atoms with van der Waals surface area (Å²) < 4.78 is 6.41. The Labute approximate surface area is 128 Å². The summed E-state index contributed by atoms with van der Waals surface area (Å²) in [6.07, 6.45) is 3.17. The van der Waals surface area contributed by atoms with E-state index in [1.165, 1.54) is 17.3 Å². The summed E-state index contributed by atoms with van der Waals surface area (Å²) >= 11 is 0. The highest BCUT2D eigenvalue weighted by molar-refractivity contribution is 5.84. The lowest BCUT2D eigenvalue weighted by atomic mass is 10.1. The molecule has 116 valence electrons. The van der Waals surface area contributed by atoms with E-state index in [-0.39, 0.29) is 19.1 Å². The first-order chi connectivity index (χ1) is 10.7. The molecule has 1 amide bonds. The number of nitrogens with zero attached hydrogens (tertiary/aromatic N) is 3. The first kappa shape index (κ1) is 15.7. The molecule has 1 N–H and O–H groups in total. The van der Waals surface area contributed by atoms with Crippen molar-refractivity contribution in [1.29, 1.82) is 0 Å². The Morgan fingerprint density at radius 1 is 1.32 bits per heavy atom. The average molecular weight is 302 g/mol. The molecular formula is C15H18N4O3. The zero-order valence-corrected chi connectivity index (χ0v) is 12.3. The number of hydrogen-bond acceptors (Lipinski definition) is 5. The van der Waals surface area contributed by atoms with E-state index >= 15 is 0 Å². The zero-order chi connectivity index (χ0) is 15.8. The van der Waals surface area contributed by atoms with Crippen LogP contribution >= 0.6 is 0 Å². The predicted octanol–water partition coefficient (Wildman–Crippen LogP) is 0.569. The molecule has 0 radical (unpaired) electrons. The van der Waals surface area contributed by atoms with Gasteiger partial charge in [0.15, 0.2) is 0 Å². The first-order valence-corrected chi connectivity index (χ1v) is 7.01. The Kier molecular flexibility index (Phi) is 5.65. The second-order valence-corrected chi connectivity index (χ2v) is 4.65. The number of ether oxygens (including phenoxy) is 1. The molecule has 0 bridgehead atoms. The highest BCUT2D eigenvalue weighted by Gasteiger charge is 2.22. The van der Waals surface area contributed by atoms with Crippen LogP contribution in [0.15, 0.2) is 43.0 Å². The maximum Gasteiger partial charge on any atom is 0.328 e. The van der Waals surface area contributed by atoms with Crippen molar-refractivity contribution in [3.8, 4) is 0 Å². The molecule has 2 rings (SSSR count). The molecule has 22 heavy (non-hydrogen) atoms. The summed E-state index contributed by atoms with van der Waals surface area (Å²) in [5, 5.41) is 6.54. The number of carbonyl (C=O) groups excluding carboxylic acids is 2. The van der Waals surface area contributed by atoms with Crippen molar-refractivity contribution in [1.82, 2.24) is 20.1 Å². The smallest absolute Gasteiger partial charge is 0.328 e. The molecule has 1 atom stereocenters. The van der Waals surface area contributed by atoms with Crippen molar-refractivity contribution in [2.45, 2.75) is 25.9 Å². The molecule has 1 aromatic carbocycles. The summed E-state index contributed by atoms with van der Waals surface area (Å²) in [7, 11) is 0. The van der Waals surface area contributed by atoms with Crippen LogP contribution in [0.2, 0.25) is 0 Å². The molecule has 7 heteroatoms. The number of carbonyl (C=O) groups is 2. The molecule has 0 spiro atoms. The molecule has 0 unspecified atom stereocenters. The maximum absolute atomic E-state index is 12.0. The van der Waals surface area contributed by atoms with Crippen LogP contribution in [0.5, 0.6) is 0 Å². The Hall–Kier alpha value is -2.70. The molecule has 1 aromatic heterocycles. The van der Waals surface area contributed by atoms with E-state index in [1.807, 2.05) is 30.3 Å². The van der Waals surface area contributed by atoms with Crippen molar-refractivity contribution in [2.75, 3.05) is 6.61 Å². The topological polar surface area (TPSA) is 86.1 Å². The molecule has 0 aliphatic carbocycles. The maximum atomic E-state index is 12.0. The van der Waals surface area contributed by atoms with Gasteiger partial charge < -0.3 is 10.1 Å². The van der Waals surface area contributed by atoms with E-state index in [9.17, 15) is 9.59 Å². The average Bonchev–Trinajstić information content (AvgIpc) is 3.00. The van der Waals surface area contributed by atoms with Gasteiger partial charge in [0.2, 0.25) is 5.91 Å². The molecular weight excluding hydrogens is 284 g/mol. The molecule has 0 aliphatic rings. The van der Waals surface area contributed by atoms with Gasteiger partial charge in [-0.15, -0.1) is 0 Å². The largest absolute Gasteiger partial charge is 0.464 e. The number of amides is 1. The van der Waals surface area contributed by atoms with Crippen LogP contribution in [0.3, 0.4) is 0 Å². The predicted molar refractivity (Wildman–Crippen MR) is 78.7 cm³/mol. The van der Waals surface area contributed by atoms with E-state index in [4.69, 9.17) is 4.74 Å². The van der Waals surface area contributed by atoms with Crippen molar-refractivity contribution in [2.24, 2.45) is 0 Å². The standard InChI is InChI=1S/C15H18N4O3/c1-2-22-15(21)13(8-12-6-4-3-5-7-12)18-14(20)9-19-11-16-10-17-19/h3-7,10-11,13H,2,8-9H2,1H3,(H,18,20)/t13-/m0/s1. The lowest BCUT2D eigenvalue weighted by molar-refractivity contribution is -0.147. The summed E-state index contributed by atoms with van der Waals surface area (Å²) in [5.41, 5.74) is 0.946. The lowest BCUT2D eigenvalue weighted by Gasteiger charge is -2.17. The van der Waals surface area contributed by atoms with Gasteiger partial charge in [-0.05, 0) is 12.5 Å². The molecule has 0 fully saturated rings. The second kappa shape index (κ2) is 7.92. The van der Waals surface area contributed by atoms with Gasteiger partial charge in [-0.3, -0.25) is 4.79 Å². The fourth-order valence-corrected chi connectivity index (χ4v) is 1.99. The third-order valence-corrected chi connectivity index (χ3v) is 2.96. The van der Waals surface area contributed by atoms with Gasteiger partial charge in [-0.2, -0.15) is 5.10 Å². The number of esters is 1. The van der Waals surface area contributed by atoms with Crippen LogP contribution in [-0.2, 0) is 27.3 Å². The zero-order valence-electron chi connectivity index (χ0n) is 12.3. The van der Waals surface area contributed by atoms with Crippen LogP contribution in [0, 0.1) is 0 Å². The van der Waals surface area contributed by atoms with E-state index in [0.717, 1.165) is 5.56 Å². The Morgan fingerprint density at radius 3 is 2.73 bits per heavy atom. The van der Waals surface area contributed by atoms with Gasteiger partial charge in [0.25, 0.3) is 0 Å². The van der Waals surface area contributed by atoms with Gasteiger partial charge in [0.05, 0.1) is 6.61 Å². The van der Waals surface area contributed by atoms with E-state index < -0.39 is 12.0 Å². The van der Waals surface area contributed by atoms with Crippen molar-refractivity contribution in [3.63, 3.8) is 0 Å². The fraction of sp³-hybridized carbons (Fsp3) is 0.333. The SMILES string of the molecule is CCOC(=O)[C@H](Cc1ccccc1)NC(=O)Cn1cncn1. The fourth-order valence-electron chi connectivity index (χ4n) is 1.99. The van der Waals surface area contributed by atoms with Crippen LogP contribution in [0.25, 0.3) is 0 Å². The number of hydrogen-bond donors (Lipinski definition) is 1. The highest BCUT2D eigenvalue weighted by Crippen LogP contribution is 2.05. The summed E-state index contributed by atoms with van der Waals surface area (Å²) in [6, 6.07) is 8.74. The Morgan fingerprint density at radius 2 is 2.09 bits per heavy atom. The van der Waals surface area contributed by atoms with Gasteiger partial charge in [0, 0.05) is 6.42 Å². The van der Waals surface area contributed by atoms with Crippen molar-refractivity contribution in [3.05, 3.63) is 48.5 Å². The van der Waals surface area contributed by atoms with Gasteiger partial charge in [-0.1, -0.05) is 30.3 Å². The molecule has 0 saturated heterocycles. The quantitative estimate of drug-likeness (QED) is 0.756. The molecule has 7 nitrogen and oxygen atoms in total. The number of nitrogens with one attached hydrogen (secondary N) is 1. The molecule has 0 aliphatic heterocycles. The third-order valence-electron chi connectivity index (χ3n) is 2.96. The third kappa shape index (κ3) is 4.69. The Balaban J connectivity index is 2.00. The van der Waals surface area contributed by atoms with Crippen molar-refractivity contribution < 1.29 is 14.3 Å². The highest BCUT2D eigenvalue weighted by atomic mass is 16.5. The van der Waals surface area contributed by atoms with Gasteiger partial charge in [-0.25, -0.2) is 14.5 Å². The van der Waals surface area contributed by atoms with Gasteiger partial charge in [0.1, 0.15) is 25.2 Å². The Bertz CT molecular complexity index is 599. The normalized spacial score (nSPS) is 11.7. The van der Waals surface area contributed by atoms with E-state index in [2.05, 4.69) is 15.4 Å². The number of rotatable bonds is 7. The lowest BCUT2D eigenvalue weighted by Crippen LogP contribution is -2.44. The minimum absolute atomic E-state index is 0.00466. The van der Waals surface area contributed by atoms with E-state index in [0.29, 0.717) is 6.42 Å². The summed E-state index contributed by atoms with van der Waals surface area (Å²) in [4.78, 5) is 27.8. The molecule has 2 aromatic rings. The molecule has 1 heterocycles. The first-order valence-electron chi connectivity index (χ1n) is 7.01. The van der Waals surface area contributed by atoms with Crippen LogP contribution in [0.4, 0.5) is 0 Å². The van der Waals surface area contributed by atoms with Crippen LogP contribution < -0.4 is 5.32 Å².